The Balaban J connectivity index is 0.000000189. The van der Waals surface area contributed by atoms with Crippen LogP contribution in [0.4, 0.5) is 0 Å². The van der Waals surface area contributed by atoms with E-state index in [0.29, 0.717) is 11.5 Å². The molecule has 0 atom stereocenters. The highest BCUT2D eigenvalue weighted by molar-refractivity contribution is 5.62. The van der Waals surface area contributed by atoms with Crippen LogP contribution in [0.2, 0.25) is 0 Å². The van der Waals surface area contributed by atoms with Gasteiger partial charge in [-0.1, -0.05) is 103 Å². The number of ether oxygens (including phenoxy) is 2. The third-order valence-electron chi connectivity index (χ3n) is 6.74. The molecule has 40 heavy (non-hydrogen) atoms. The van der Waals surface area contributed by atoms with E-state index in [9.17, 15) is 5.11 Å². The van der Waals surface area contributed by atoms with Gasteiger partial charge in [-0.05, 0) is 81.8 Å². The Kier molecular flexibility index (Phi) is 9.08. The van der Waals surface area contributed by atoms with E-state index in [1.54, 1.807) is 0 Å². The lowest BCUT2D eigenvalue weighted by atomic mass is 9.77. The van der Waals surface area contributed by atoms with Crippen LogP contribution in [0.5, 0.6) is 23.0 Å². The number of benzene rings is 5. The molecule has 1 aliphatic heterocycles. The van der Waals surface area contributed by atoms with E-state index in [-0.39, 0.29) is 0 Å². The van der Waals surface area contributed by atoms with Crippen LogP contribution in [-0.4, -0.2) is 5.11 Å². The lowest BCUT2D eigenvalue weighted by Gasteiger charge is -2.37. The molecule has 5 aromatic rings. The summed E-state index contributed by atoms with van der Waals surface area (Å²) in [5.41, 5.74) is 5.90. The molecule has 0 saturated heterocycles. The Bertz CT molecular complexity index is 1440. The number of aryl methyl sites for hydroxylation is 4. The van der Waals surface area contributed by atoms with Gasteiger partial charge in [0.05, 0.1) is 0 Å². The minimum absolute atomic E-state index is 0.707. The first-order chi connectivity index (χ1) is 19.3. The molecule has 1 aliphatic rings. The Hall–Kier alpha value is -4.34. The highest BCUT2D eigenvalue weighted by Gasteiger charge is 2.42. The topological polar surface area (TPSA) is 38.7 Å². The molecule has 0 amide bonds. The monoisotopic (exact) mass is 530 g/mol. The molecule has 1 N–H and O–H groups in total. The van der Waals surface area contributed by atoms with Crippen LogP contribution in [0.25, 0.3) is 0 Å². The highest BCUT2D eigenvalue weighted by Crippen LogP contribution is 2.50. The fraction of sp³-hybridized carbons (Fsp3) is 0.189. The van der Waals surface area contributed by atoms with Gasteiger partial charge < -0.3 is 14.6 Å². The fourth-order valence-electron chi connectivity index (χ4n) is 4.63. The van der Waals surface area contributed by atoms with Crippen LogP contribution in [0, 0.1) is 27.7 Å². The quantitative estimate of drug-likeness (QED) is 0.252. The van der Waals surface area contributed by atoms with Crippen molar-refractivity contribution in [1.82, 2.24) is 0 Å². The number of hydrogen-bond acceptors (Lipinski definition) is 3. The van der Waals surface area contributed by atoms with Crippen molar-refractivity contribution >= 4 is 0 Å². The predicted molar refractivity (Wildman–Crippen MR) is 165 cm³/mol. The number of fused-ring (bicyclic) bond motifs is 2. The van der Waals surface area contributed by atoms with Crippen molar-refractivity contribution in [1.29, 1.82) is 0 Å². The molecule has 0 aromatic heterocycles. The van der Waals surface area contributed by atoms with Gasteiger partial charge in [0.1, 0.15) is 28.6 Å². The Morgan fingerprint density at radius 3 is 1.35 bits per heavy atom. The van der Waals surface area contributed by atoms with Crippen LogP contribution < -0.4 is 9.47 Å². The fourth-order valence-corrected chi connectivity index (χ4v) is 4.63. The van der Waals surface area contributed by atoms with Crippen molar-refractivity contribution < 1.29 is 14.6 Å². The number of aliphatic hydroxyl groups is 1. The summed E-state index contributed by atoms with van der Waals surface area (Å²) in [5.74, 6) is 3.17. The van der Waals surface area contributed by atoms with Crippen molar-refractivity contribution in [3.05, 3.63) is 154 Å². The van der Waals surface area contributed by atoms with Crippen molar-refractivity contribution in [3.63, 3.8) is 0 Å². The van der Waals surface area contributed by atoms with E-state index in [1.807, 2.05) is 143 Å². The van der Waals surface area contributed by atoms with Gasteiger partial charge in [-0.3, -0.25) is 0 Å². The molecule has 0 bridgehead atoms. The predicted octanol–water partition coefficient (Wildman–Crippen LogP) is 9.82. The highest BCUT2D eigenvalue weighted by atomic mass is 16.5. The summed E-state index contributed by atoms with van der Waals surface area (Å²) < 4.78 is 11.7. The van der Waals surface area contributed by atoms with Gasteiger partial charge in [-0.25, -0.2) is 0 Å². The lowest BCUT2D eigenvalue weighted by molar-refractivity contribution is 0.112. The molecular formula is C37H38O3. The second-order valence-corrected chi connectivity index (χ2v) is 9.91. The van der Waals surface area contributed by atoms with Crippen molar-refractivity contribution in [3.8, 4) is 23.0 Å². The molecule has 0 unspecified atom stereocenters. The van der Waals surface area contributed by atoms with Crippen LogP contribution in [0.3, 0.4) is 0 Å². The molecule has 0 fully saturated rings. The van der Waals surface area contributed by atoms with Crippen LogP contribution in [0.1, 0.15) is 52.8 Å². The summed E-state index contributed by atoms with van der Waals surface area (Å²) in [4.78, 5) is 0. The number of rotatable bonds is 3. The van der Waals surface area contributed by atoms with Gasteiger partial charge in [0.25, 0.3) is 0 Å². The first-order valence-electron chi connectivity index (χ1n) is 13.8. The van der Waals surface area contributed by atoms with Gasteiger partial charge in [0.15, 0.2) is 0 Å². The second-order valence-electron chi connectivity index (χ2n) is 9.91. The zero-order valence-corrected chi connectivity index (χ0v) is 24.2. The van der Waals surface area contributed by atoms with Crippen LogP contribution >= 0.6 is 0 Å². The third kappa shape index (κ3) is 6.27. The first kappa shape index (κ1) is 28.7. The molecule has 3 heteroatoms. The average molecular weight is 531 g/mol. The molecule has 5 aromatic carbocycles. The van der Waals surface area contributed by atoms with Crippen molar-refractivity contribution in [2.75, 3.05) is 0 Å². The molecule has 204 valence electrons. The molecular weight excluding hydrogens is 492 g/mol. The molecule has 0 spiro atoms. The van der Waals surface area contributed by atoms with E-state index in [0.717, 1.165) is 39.3 Å². The SMILES string of the molecule is CC.Cc1ccc(Oc2ccc(C)cc2)cc1.Cc1ccc2c(c1)C(O)(c1ccccc1)c1cc(C)ccc1O2. The maximum atomic E-state index is 11.8. The van der Waals surface area contributed by atoms with Crippen LogP contribution in [-0.2, 0) is 5.60 Å². The van der Waals surface area contributed by atoms with E-state index in [2.05, 4.69) is 13.8 Å². The summed E-state index contributed by atoms with van der Waals surface area (Å²) in [6.07, 6.45) is 0. The van der Waals surface area contributed by atoms with E-state index in [1.165, 1.54) is 11.1 Å². The van der Waals surface area contributed by atoms with Gasteiger partial charge in [-0.2, -0.15) is 0 Å². The smallest absolute Gasteiger partial charge is 0.147 e. The van der Waals surface area contributed by atoms with Crippen LogP contribution in [0.15, 0.2) is 115 Å². The normalized spacial score (nSPS) is 12.3. The molecule has 0 radical (unpaired) electrons. The zero-order chi connectivity index (χ0) is 28.7. The minimum atomic E-state index is -1.21. The largest absolute Gasteiger partial charge is 0.457 e. The third-order valence-corrected chi connectivity index (χ3v) is 6.74. The Labute approximate surface area is 238 Å². The maximum absolute atomic E-state index is 11.8. The van der Waals surface area contributed by atoms with Gasteiger partial charge >= 0.3 is 0 Å². The average Bonchev–Trinajstić information content (AvgIpc) is 2.98. The first-order valence-corrected chi connectivity index (χ1v) is 13.8. The Morgan fingerprint density at radius 2 is 0.925 bits per heavy atom. The molecule has 0 aliphatic carbocycles. The van der Waals surface area contributed by atoms with Crippen molar-refractivity contribution in [2.45, 2.75) is 47.1 Å². The van der Waals surface area contributed by atoms with E-state index < -0.39 is 5.60 Å². The summed E-state index contributed by atoms with van der Waals surface area (Å²) in [6, 6.07) is 37.8. The summed E-state index contributed by atoms with van der Waals surface area (Å²) in [5, 5.41) is 11.8. The summed E-state index contributed by atoms with van der Waals surface area (Å²) in [7, 11) is 0. The standard InChI is InChI=1S/C21H18O2.C14H14O.C2H6/c1-14-8-10-19-17(12-14)21(22,16-6-4-3-5-7-16)18-13-15(2)9-11-20(18)23-19;1-11-3-7-13(8-4-11)15-14-9-5-12(2)6-10-14;1-2/h3-13,22H,1-2H3;3-10H,1-2H3;1-2H3. The van der Waals surface area contributed by atoms with Crippen molar-refractivity contribution in [2.24, 2.45) is 0 Å². The summed E-state index contributed by atoms with van der Waals surface area (Å²) >= 11 is 0. The summed E-state index contributed by atoms with van der Waals surface area (Å²) in [6.45, 7) is 12.2. The van der Waals surface area contributed by atoms with Gasteiger partial charge in [0.2, 0.25) is 0 Å². The van der Waals surface area contributed by atoms with E-state index in [4.69, 9.17) is 9.47 Å². The molecule has 0 saturated carbocycles. The minimum Gasteiger partial charge on any atom is -0.457 e. The number of hydrogen-bond donors (Lipinski definition) is 1. The molecule has 1 heterocycles. The zero-order valence-electron chi connectivity index (χ0n) is 24.2. The molecule has 3 nitrogen and oxygen atoms in total. The second kappa shape index (κ2) is 12.7. The Morgan fingerprint density at radius 1 is 0.525 bits per heavy atom. The maximum Gasteiger partial charge on any atom is 0.147 e. The van der Waals surface area contributed by atoms with Gasteiger partial charge in [-0.15, -0.1) is 0 Å². The van der Waals surface area contributed by atoms with Gasteiger partial charge in [0, 0.05) is 11.1 Å². The molecule has 6 rings (SSSR count). The lowest BCUT2D eigenvalue weighted by Crippen LogP contribution is -2.32. The van der Waals surface area contributed by atoms with E-state index >= 15 is 0 Å².